The number of nitrogens with zero attached hydrogens (tertiary/aromatic N) is 2. The van der Waals surface area contributed by atoms with Gasteiger partial charge in [0.05, 0.1) is 18.0 Å². The van der Waals surface area contributed by atoms with Gasteiger partial charge in [-0.3, -0.25) is 9.30 Å². The van der Waals surface area contributed by atoms with Gasteiger partial charge in [-0.15, -0.1) is 0 Å². The van der Waals surface area contributed by atoms with Gasteiger partial charge in [0.15, 0.2) is 5.96 Å². The third-order valence-corrected chi connectivity index (χ3v) is 6.23. The smallest absolute Gasteiger partial charge is 0.236 e. The average Bonchev–Trinajstić information content (AvgIpc) is 3.15. The first-order valence-corrected chi connectivity index (χ1v) is 10.9. The summed E-state index contributed by atoms with van der Waals surface area (Å²) >= 11 is 0. The van der Waals surface area contributed by atoms with Crippen molar-refractivity contribution < 1.29 is 13.2 Å². The molecule has 1 aliphatic heterocycles. The number of rotatable bonds is 8. The molecule has 2 N–H and O–H groups in total. The van der Waals surface area contributed by atoms with Crippen molar-refractivity contribution in [2.75, 3.05) is 43.3 Å². The van der Waals surface area contributed by atoms with Crippen LogP contribution >= 0.6 is 0 Å². The molecule has 2 aromatic rings. The molecule has 3 rings (SSSR count). The average molecular weight is 403 g/mol. The molecule has 0 unspecified atom stereocenters. The standard InChI is InChI=1S/C20H26N4O3S/c1-21-20(22-12-15-27-18-8-3-2-4-9-18)23-13-16-28(25,26)24-14-11-17-7-5-6-10-19(17)24/h2-10H,11-16H2,1H3,(H2,21,22,23). The number of hydrogen-bond acceptors (Lipinski definition) is 4. The van der Waals surface area contributed by atoms with Gasteiger partial charge in [0.25, 0.3) is 0 Å². The van der Waals surface area contributed by atoms with Gasteiger partial charge in [-0.2, -0.15) is 0 Å². The predicted molar refractivity (Wildman–Crippen MR) is 113 cm³/mol. The number of sulfonamides is 1. The molecular formula is C20H26N4O3S. The lowest BCUT2D eigenvalue weighted by Crippen LogP contribution is -2.43. The van der Waals surface area contributed by atoms with Crippen molar-refractivity contribution in [2.24, 2.45) is 4.99 Å². The number of nitrogens with one attached hydrogen (secondary N) is 2. The van der Waals surface area contributed by atoms with Crippen LogP contribution in [0, 0.1) is 0 Å². The minimum Gasteiger partial charge on any atom is -0.492 e. The van der Waals surface area contributed by atoms with Crippen molar-refractivity contribution in [1.29, 1.82) is 0 Å². The van der Waals surface area contributed by atoms with E-state index in [0.717, 1.165) is 23.4 Å². The molecule has 0 saturated heterocycles. The van der Waals surface area contributed by atoms with Crippen LogP contribution in [0.4, 0.5) is 5.69 Å². The summed E-state index contributed by atoms with van der Waals surface area (Å²) in [6.07, 6.45) is 0.757. The largest absolute Gasteiger partial charge is 0.492 e. The predicted octanol–water partition coefficient (Wildman–Crippen LogP) is 1.62. The Balaban J connectivity index is 1.42. The topological polar surface area (TPSA) is 83.0 Å². The Hall–Kier alpha value is -2.74. The number of hydrogen-bond donors (Lipinski definition) is 2. The van der Waals surface area contributed by atoms with Crippen molar-refractivity contribution in [2.45, 2.75) is 6.42 Å². The van der Waals surface area contributed by atoms with Gasteiger partial charge in [0, 0.05) is 20.1 Å². The lowest BCUT2D eigenvalue weighted by molar-refractivity contribution is 0.322. The van der Waals surface area contributed by atoms with Crippen LogP contribution in [0.15, 0.2) is 59.6 Å². The minimum absolute atomic E-state index is 0.00253. The van der Waals surface area contributed by atoms with Gasteiger partial charge in [-0.1, -0.05) is 36.4 Å². The highest BCUT2D eigenvalue weighted by Crippen LogP contribution is 2.29. The number of anilines is 1. The quantitative estimate of drug-likeness (QED) is 0.398. The van der Waals surface area contributed by atoms with Crippen LogP contribution in [0.25, 0.3) is 0 Å². The molecule has 0 fully saturated rings. The monoisotopic (exact) mass is 402 g/mol. The molecule has 1 heterocycles. The zero-order valence-electron chi connectivity index (χ0n) is 16.0. The zero-order chi connectivity index (χ0) is 19.8. The van der Waals surface area contributed by atoms with E-state index in [1.54, 1.807) is 7.05 Å². The maximum Gasteiger partial charge on any atom is 0.236 e. The second kappa shape index (κ2) is 9.45. The molecule has 0 amide bonds. The lowest BCUT2D eigenvalue weighted by Gasteiger charge is -2.20. The van der Waals surface area contributed by atoms with Crippen molar-refractivity contribution in [3.8, 4) is 5.75 Å². The summed E-state index contributed by atoms with van der Waals surface area (Å²) in [6, 6.07) is 17.2. The van der Waals surface area contributed by atoms with Crippen molar-refractivity contribution in [1.82, 2.24) is 10.6 Å². The Morgan fingerprint density at radius 1 is 1.07 bits per heavy atom. The molecule has 7 nitrogen and oxygen atoms in total. The molecule has 1 aliphatic rings. The van der Waals surface area contributed by atoms with Gasteiger partial charge in [-0.25, -0.2) is 8.42 Å². The van der Waals surface area contributed by atoms with Crippen LogP contribution in [-0.2, 0) is 16.4 Å². The summed E-state index contributed by atoms with van der Waals surface area (Å²) in [6.45, 7) is 1.82. The fraction of sp³-hybridized carbons (Fsp3) is 0.350. The highest BCUT2D eigenvalue weighted by Gasteiger charge is 2.28. The van der Waals surface area contributed by atoms with Gasteiger partial charge in [0.2, 0.25) is 10.0 Å². The fourth-order valence-electron chi connectivity index (χ4n) is 3.08. The lowest BCUT2D eigenvalue weighted by atomic mass is 10.2. The Morgan fingerprint density at radius 3 is 2.57 bits per heavy atom. The molecule has 0 saturated carbocycles. The molecule has 0 spiro atoms. The van der Waals surface area contributed by atoms with Crippen LogP contribution < -0.4 is 19.7 Å². The second-order valence-electron chi connectivity index (χ2n) is 6.35. The number of fused-ring (bicyclic) bond motifs is 1. The fourth-order valence-corrected chi connectivity index (χ4v) is 4.51. The number of ether oxygens (including phenoxy) is 1. The SMILES string of the molecule is CN=C(NCCOc1ccccc1)NCCS(=O)(=O)N1CCc2ccccc21. The van der Waals surface area contributed by atoms with E-state index >= 15 is 0 Å². The van der Waals surface area contributed by atoms with E-state index in [-0.39, 0.29) is 12.3 Å². The van der Waals surface area contributed by atoms with E-state index in [1.807, 2.05) is 54.6 Å². The van der Waals surface area contributed by atoms with Crippen molar-refractivity contribution in [3.05, 3.63) is 60.2 Å². The Kier molecular flexibility index (Phi) is 6.76. The highest BCUT2D eigenvalue weighted by atomic mass is 32.2. The first-order chi connectivity index (χ1) is 13.6. The van der Waals surface area contributed by atoms with Gasteiger partial charge >= 0.3 is 0 Å². The number of para-hydroxylation sites is 2. The summed E-state index contributed by atoms with van der Waals surface area (Å²) in [4.78, 5) is 4.12. The molecule has 0 aromatic heterocycles. The molecule has 150 valence electrons. The molecule has 0 radical (unpaired) electrons. The third kappa shape index (κ3) is 5.16. The van der Waals surface area contributed by atoms with Gasteiger partial charge < -0.3 is 15.4 Å². The van der Waals surface area contributed by atoms with Crippen LogP contribution in [-0.4, -0.2) is 53.4 Å². The molecule has 0 aliphatic carbocycles. The molecule has 2 aromatic carbocycles. The van der Waals surface area contributed by atoms with Crippen LogP contribution in [0.5, 0.6) is 5.75 Å². The van der Waals surface area contributed by atoms with Crippen molar-refractivity contribution >= 4 is 21.7 Å². The normalized spacial score (nSPS) is 13.9. The van der Waals surface area contributed by atoms with E-state index < -0.39 is 10.0 Å². The molecular weight excluding hydrogens is 376 g/mol. The van der Waals surface area contributed by atoms with Gasteiger partial charge in [-0.05, 0) is 30.2 Å². The Labute approximate surface area is 166 Å². The first-order valence-electron chi connectivity index (χ1n) is 9.31. The summed E-state index contributed by atoms with van der Waals surface area (Å²) in [5, 5.41) is 6.17. The summed E-state index contributed by atoms with van der Waals surface area (Å²) in [5.74, 6) is 1.36. The molecule has 0 bridgehead atoms. The molecule has 0 atom stereocenters. The summed E-state index contributed by atoms with van der Waals surface area (Å²) < 4.78 is 32.5. The highest BCUT2D eigenvalue weighted by molar-refractivity contribution is 7.92. The zero-order valence-corrected chi connectivity index (χ0v) is 16.8. The van der Waals surface area contributed by atoms with E-state index in [4.69, 9.17) is 4.74 Å². The maximum absolute atomic E-state index is 12.7. The second-order valence-corrected chi connectivity index (χ2v) is 8.37. The van der Waals surface area contributed by atoms with Crippen molar-refractivity contribution in [3.63, 3.8) is 0 Å². The van der Waals surface area contributed by atoms with E-state index in [0.29, 0.717) is 25.7 Å². The maximum atomic E-state index is 12.7. The Bertz CT molecular complexity index is 901. The minimum atomic E-state index is -3.38. The number of guanidine groups is 1. The number of aliphatic imine (C=N–C) groups is 1. The third-order valence-electron chi connectivity index (χ3n) is 4.46. The van der Waals surface area contributed by atoms with E-state index in [9.17, 15) is 8.42 Å². The van der Waals surface area contributed by atoms with Crippen LogP contribution in [0.1, 0.15) is 5.56 Å². The molecule has 28 heavy (non-hydrogen) atoms. The van der Waals surface area contributed by atoms with Gasteiger partial charge in [0.1, 0.15) is 12.4 Å². The molecule has 8 heteroatoms. The van der Waals surface area contributed by atoms with E-state index in [2.05, 4.69) is 15.6 Å². The summed E-state index contributed by atoms with van der Waals surface area (Å²) in [7, 11) is -1.72. The van der Waals surface area contributed by atoms with Crippen LogP contribution in [0.2, 0.25) is 0 Å². The number of benzene rings is 2. The van der Waals surface area contributed by atoms with E-state index in [1.165, 1.54) is 4.31 Å². The van der Waals surface area contributed by atoms with Crippen LogP contribution in [0.3, 0.4) is 0 Å². The Morgan fingerprint density at radius 2 is 1.79 bits per heavy atom. The summed E-state index contributed by atoms with van der Waals surface area (Å²) in [5.41, 5.74) is 1.87. The first kappa shape index (κ1) is 20.0.